The summed E-state index contributed by atoms with van der Waals surface area (Å²) >= 11 is 0. The van der Waals surface area contributed by atoms with Gasteiger partial charge in [-0.2, -0.15) is 0 Å². The molecule has 1 aromatic carbocycles. The number of aryl methyl sites for hydroxylation is 1. The Balaban J connectivity index is 2.12. The first-order valence-electron chi connectivity index (χ1n) is 6.95. The molecule has 1 heterocycles. The van der Waals surface area contributed by atoms with Crippen LogP contribution in [0.15, 0.2) is 18.2 Å². The summed E-state index contributed by atoms with van der Waals surface area (Å²) in [4.78, 5) is 2.31. The van der Waals surface area contributed by atoms with Gasteiger partial charge in [0, 0.05) is 24.8 Å². The van der Waals surface area contributed by atoms with Gasteiger partial charge in [-0.25, -0.2) is 4.39 Å². The molecule has 0 radical (unpaired) electrons. The number of anilines is 1. The number of rotatable bonds is 3. The second-order valence-corrected chi connectivity index (χ2v) is 5.17. The van der Waals surface area contributed by atoms with E-state index in [0.29, 0.717) is 6.04 Å². The van der Waals surface area contributed by atoms with Crippen LogP contribution in [0.4, 0.5) is 10.1 Å². The Bertz CT molecular complexity index is 392. The molecule has 100 valence electrons. The molecule has 1 aliphatic rings. The number of benzene rings is 1. The van der Waals surface area contributed by atoms with Crippen molar-refractivity contribution in [2.75, 3.05) is 24.5 Å². The minimum atomic E-state index is -0.100. The van der Waals surface area contributed by atoms with Gasteiger partial charge >= 0.3 is 0 Å². The molecule has 0 bridgehead atoms. The Morgan fingerprint density at radius 3 is 3.00 bits per heavy atom. The zero-order valence-corrected chi connectivity index (χ0v) is 11.4. The van der Waals surface area contributed by atoms with E-state index in [9.17, 15) is 4.39 Å². The molecule has 1 N–H and O–H groups in total. The molecule has 1 saturated heterocycles. The highest BCUT2D eigenvalue weighted by molar-refractivity contribution is 5.48. The number of halogens is 1. The molecule has 2 rings (SSSR count). The van der Waals surface area contributed by atoms with Gasteiger partial charge in [0.25, 0.3) is 0 Å². The topological polar surface area (TPSA) is 15.3 Å². The highest BCUT2D eigenvalue weighted by atomic mass is 19.1. The monoisotopic (exact) mass is 250 g/mol. The molecular weight excluding hydrogens is 227 g/mol. The van der Waals surface area contributed by atoms with Crippen LogP contribution in [0.3, 0.4) is 0 Å². The molecular formula is C15H23FN2. The van der Waals surface area contributed by atoms with E-state index >= 15 is 0 Å². The average molecular weight is 250 g/mol. The van der Waals surface area contributed by atoms with E-state index in [1.807, 2.05) is 19.1 Å². The fourth-order valence-corrected chi connectivity index (χ4v) is 2.55. The first-order chi connectivity index (χ1) is 8.70. The van der Waals surface area contributed by atoms with Crippen LogP contribution in [0.5, 0.6) is 0 Å². The van der Waals surface area contributed by atoms with Gasteiger partial charge in [-0.3, -0.25) is 0 Å². The van der Waals surface area contributed by atoms with Crippen molar-refractivity contribution in [3.8, 4) is 0 Å². The maximum absolute atomic E-state index is 13.6. The van der Waals surface area contributed by atoms with Gasteiger partial charge < -0.3 is 10.2 Å². The third kappa shape index (κ3) is 3.22. The highest BCUT2D eigenvalue weighted by Crippen LogP contribution is 2.20. The number of hydrogen-bond acceptors (Lipinski definition) is 2. The zero-order valence-electron chi connectivity index (χ0n) is 11.4. The van der Waals surface area contributed by atoms with Gasteiger partial charge in [0.15, 0.2) is 0 Å². The van der Waals surface area contributed by atoms with Crippen molar-refractivity contribution in [3.05, 3.63) is 29.6 Å². The Hall–Kier alpha value is -1.09. The van der Waals surface area contributed by atoms with Crippen LogP contribution in [0.25, 0.3) is 0 Å². The van der Waals surface area contributed by atoms with Gasteiger partial charge in [-0.1, -0.05) is 19.4 Å². The summed E-state index contributed by atoms with van der Waals surface area (Å²) in [6.45, 7) is 7.08. The van der Waals surface area contributed by atoms with Gasteiger partial charge in [0.1, 0.15) is 5.82 Å². The number of nitrogens with one attached hydrogen (secondary N) is 1. The fraction of sp³-hybridized carbons (Fsp3) is 0.600. The summed E-state index contributed by atoms with van der Waals surface area (Å²) in [6, 6.07) is 6.11. The van der Waals surface area contributed by atoms with E-state index < -0.39 is 0 Å². The van der Waals surface area contributed by atoms with Crippen molar-refractivity contribution in [2.45, 2.75) is 39.2 Å². The minimum Gasteiger partial charge on any atom is -0.370 e. The first kappa shape index (κ1) is 13.3. The van der Waals surface area contributed by atoms with E-state index in [1.54, 1.807) is 6.07 Å². The fourth-order valence-electron chi connectivity index (χ4n) is 2.55. The summed E-state index contributed by atoms with van der Waals surface area (Å²) < 4.78 is 13.6. The summed E-state index contributed by atoms with van der Waals surface area (Å²) in [6.07, 6.45) is 3.49. The Kier molecular flexibility index (Phi) is 4.59. The van der Waals surface area contributed by atoms with Gasteiger partial charge in [-0.15, -0.1) is 0 Å². The van der Waals surface area contributed by atoms with Crippen LogP contribution < -0.4 is 10.2 Å². The molecule has 18 heavy (non-hydrogen) atoms. The quantitative estimate of drug-likeness (QED) is 0.886. The van der Waals surface area contributed by atoms with Crippen LogP contribution >= 0.6 is 0 Å². The van der Waals surface area contributed by atoms with E-state index in [2.05, 4.69) is 17.1 Å². The Labute approximate surface area is 109 Å². The van der Waals surface area contributed by atoms with Gasteiger partial charge in [-0.05, 0) is 44.0 Å². The largest absolute Gasteiger partial charge is 0.370 e. The van der Waals surface area contributed by atoms with E-state index in [0.717, 1.165) is 37.3 Å². The lowest BCUT2D eigenvalue weighted by molar-refractivity contribution is 0.502. The van der Waals surface area contributed by atoms with Crippen molar-refractivity contribution in [2.24, 2.45) is 0 Å². The van der Waals surface area contributed by atoms with Crippen LogP contribution in [-0.2, 0) is 0 Å². The molecule has 1 atom stereocenters. The van der Waals surface area contributed by atoms with Crippen LogP contribution in [0.2, 0.25) is 0 Å². The Morgan fingerprint density at radius 2 is 2.28 bits per heavy atom. The summed E-state index contributed by atoms with van der Waals surface area (Å²) in [5, 5.41) is 3.57. The normalized spacial score (nSPS) is 20.8. The lowest BCUT2D eigenvalue weighted by Gasteiger charge is -2.26. The van der Waals surface area contributed by atoms with Crippen LogP contribution in [0.1, 0.15) is 31.7 Å². The molecule has 0 saturated carbocycles. The predicted molar refractivity (Wildman–Crippen MR) is 74.7 cm³/mol. The highest BCUT2D eigenvalue weighted by Gasteiger charge is 2.17. The summed E-state index contributed by atoms with van der Waals surface area (Å²) in [5.41, 5.74) is 1.74. The third-order valence-corrected chi connectivity index (χ3v) is 3.64. The molecule has 0 amide bonds. The van der Waals surface area contributed by atoms with E-state index in [4.69, 9.17) is 0 Å². The van der Waals surface area contributed by atoms with Gasteiger partial charge in [0.2, 0.25) is 0 Å². The third-order valence-electron chi connectivity index (χ3n) is 3.64. The molecule has 2 nitrogen and oxygen atoms in total. The van der Waals surface area contributed by atoms with E-state index in [1.165, 1.54) is 12.8 Å². The smallest absolute Gasteiger partial charge is 0.128 e. The molecule has 1 fully saturated rings. The average Bonchev–Trinajstić information content (AvgIpc) is 2.59. The maximum atomic E-state index is 13.6. The predicted octanol–water partition coefficient (Wildman–Crippen LogP) is 3.10. The standard InChI is InChI=1S/C15H23FN2/c1-3-5-13-11-18(9-4-8-17-13)14-7-6-12(2)15(16)10-14/h6-7,10,13,17H,3-5,8-9,11H2,1-2H3. The summed E-state index contributed by atoms with van der Waals surface area (Å²) in [7, 11) is 0. The molecule has 0 aromatic heterocycles. The van der Waals surface area contributed by atoms with E-state index in [-0.39, 0.29) is 5.82 Å². The molecule has 1 unspecified atom stereocenters. The maximum Gasteiger partial charge on any atom is 0.128 e. The molecule has 1 aliphatic heterocycles. The molecule has 3 heteroatoms. The zero-order chi connectivity index (χ0) is 13.0. The lowest BCUT2D eigenvalue weighted by atomic mass is 10.1. The van der Waals surface area contributed by atoms with Crippen LogP contribution in [-0.4, -0.2) is 25.7 Å². The number of hydrogen-bond donors (Lipinski definition) is 1. The second-order valence-electron chi connectivity index (χ2n) is 5.17. The number of nitrogens with zero attached hydrogens (tertiary/aromatic N) is 1. The van der Waals surface area contributed by atoms with Crippen molar-refractivity contribution >= 4 is 5.69 Å². The van der Waals surface area contributed by atoms with Crippen molar-refractivity contribution in [1.29, 1.82) is 0 Å². The van der Waals surface area contributed by atoms with Crippen LogP contribution in [0, 0.1) is 12.7 Å². The molecule has 1 aromatic rings. The first-order valence-corrected chi connectivity index (χ1v) is 6.95. The lowest BCUT2D eigenvalue weighted by Crippen LogP contribution is -2.37. The minimum absolute atomic E-state index is 0.100. The molecule has 0 spiro atoms. The van der Waals surface area contributed by atoms with Crippen molar-refractivity contribution < 1.29 is 4.39 Å². The Morgan fingerprint density at radius 1 is 1.44 bits per heavy atom. The van der Waals surface area contributed by atoms with Crippen molar-refractivity contribution in [1.82, 2.24) is 5.32 Å². The van der Waals surface area contributed by atoms with Crippen molar-refractivity contribution in [3.63, 3.8) is 0 Å². The van der Waals surface area contributed by atoms with Gasteiger partial charge in [0.05, 0.1) is 0 Å². The molecule has 0 aliphatic carbocycles. The SMILES string of the molecule is CCCC1CN(c2ccc(C)c(F)c2)CCCN1. The second kappa shape index (κ2) is 6.19. The summed E-state index contributed by atoms with van der Waals surface area (Å²) in [5.74, 6) is -0.100.